The highest BCUT2D eigenvalue weighted by molar-refractivity contribution is 5.98. The zero-order chi connectivity index (χ0) is 20.1. The van der Waals surface area contributed by atoms with Crippen LogP contribution in [0.25, 0.3) is 10.8 Å². The van der Waals surface area contributed by atoms with E-state index in [1.807, 2.05) is 42.5 Å². The van der Waals surface area contributed by atoms with Gasteiger partial charge in [-0.05, 0) is 42.3 Å². The fourth-order valence-electron chi connectivity index (χ4n) is 2.95. The lowest BCUT2D eigenvalue weighted by atomic mass is 10.0. The fraction of sp³-hybridized carbons (Fsp3) is 0.174. The van der Waals surface area contributed by atoms with Crippen molar-refractivity contribution in [2.75, 3.05) is 5.32 Å². The Labute approximate surface area is 163 Å². The molecule has 3 aromatic rings. The largest absolute Gasteiger partial charge is 0.452 e. The minimum absolute atomic E-state index is 0.0821. The van der Waals surface area contributed by atoms with E-state index in [-0.39, 0.29) is 12.2 Å². The fourth-order valence-corrected chi connectivity index (χ4v) is 2.95. The second kappa shape index (κ2) is 8.48. The van der Waals surface area contributed by atoms with E-state index in [1.165, 1.54) is 13.8 Å². The van der Waals surface area contributed by atoms with E-state index in [2.05, 4.69) is 5.32 Å². The Hall–Kier alpha value is -3.47. The predicted molar refractivity (Wildman–Crippen MR) is 108 cm³/mol. The molecule has 0 radical (unpaired) electrons. The van der Waals surface area contributed by atoms with Gasteiger partial charge in [0, 0.05) is 11.3 Å². The lowest BCUT2D eigenvalue weighted by molar-refractivity contribution is -0.152. The van der Waals surface area contributed by atoms with E-state index in [0.717, 1.165) is 16.3 Å². The standard InChI is InChI=1S/C23H21NO4/c1-15(25)18-9-6-11-20(13-18)24-23(27)16(2)28-22(26)14-19-10-5-8-17-7-3-4-12-21(17)19/h3-13,16H,14H2,1-2H3,(H,24,27)/t16-/m0/s1. The third-order valence-electron chi connectivity index (χ3n) is 4.43. The Morgan fingerprint density at radius 2 is 1.68 bits per heavy atom. The molecular weight excluding hydrogens is 354 g/mol. The molecule has 0 aliphatic heterocycles. The summed E-state index contributed by atoms with van der Waals surface area (Å²) in [7, 11) is 0. The molecule has 0 saturated carbocycles. The molecule has 0 heterocycles. The number of rotatable bonds is 6. The maximum atomic E-state index is 12.3. The van der Waals surface area contributed by atoms with Crippen LogP contribution in [0.5, 0.6) is 0 Å². The van der Waals surface area contributed by atoms with Gasteiger partial charge in [0.15, 0.2) is 11.9 Å². The highest BCUT2D eigenvalue weighted by Gasteiger charge is 2.19. The number of carbonyl (C=O) groups excluding carboxylic acids is 3. The Morgan fingerprint density at radius 3 is 2.46 bits per heavy atom. The summed E-state index contributed by atoms with van der Waals surface area (Å²) >= 11 is 0. The third-order valence-corrected chi connectivity index (χ3v) is 4.43. The molecule has 0 aliphatic carbocycles. The SMILES string of the molecule is CC(=O)c1cccc(NC(=O)[C@H](C)OC(=O)Cc2cccc3ccccc23)c1. The van der Waals surface area contributed by atoms with Gasteiger partial charge in [-0.2, -0.15) is 0 Å². The van der Waals surface area contributed by atoms with E-state index in [1.54, 1.807) is 24.3 Å². The maximum absolute atomic E-state index is 12.3. The van der Waals surface area contributed by atoms with Crippen molar-refractivity contribution in [1.29, 1.82) is 0 Å². The molecule has 0 spiro atoms. The van der Waals surface area contributed by atoms with E-state index >= 15 is 0 Å². The molecule has 0 bridgehead atoms. The molecule has 0 unspecified atom stereocenters. The van der Waals surface area contributed by atoms with Crippen LogP contribution in [0.2, 0.25) is 0 Å². The molecule has 0 aromatic heterocycles. The van der Waals surface area contributed by atoms with Gasteiger partial charge in [0.25, 0.3) is 5.91 Å². The first kappa shape index (κ1) is 19.3. The maximum Gasteiger partial charge on any atom is 0.311 e. The molecule has 3 rings (SSSR count). The molecule has 0 aliphatic rings. The van der Waals surface area contributed by atoms with Crippen LogP contribution < -0.4 is 5.32 Å². The number of ketones is 1. The summed E-state index contributed by atoms with van der Waals surface area (Å²) in [5.41, 5.74) is 1.83. The molecule has 3 aromatic carbocycles. The number of fused-ring (bicyclic) bond motifs is 1. The Balaban J connectivity index is 1.63. The van der Waals surface area contributed by atoms with Crippen LogP contribution in [0.15, 0.2) is 66.7 Å². The number of hydrogen-bond donors (Lipinski definition) is 1. The number of Topliss-reactive ketones (excluding diaryl/α,β-unsaturated/α-hetero) is 1. The molecule has 1 atom stereocenters. The van der Waals surface area contributed by atoms with Gasteiger partial charge >= 0.3 is 5.97 Å². The van der Waals surface area contributed by atoms with Crippen molar-refractivity contribution in [3.63, 3.8) is 0 Å². The minimum atomic E-state index is -0.955. The highest BCUT2D eigenvalue weighted by atomic mass is 16.5. The van der Waals surface area contributed by atoms with Crippen molar-refractivity contribution in [2.45, 2.75) is 26.4 Å². The molecule has 0 fully saturated rings. The molecule has 28 heavy (non-hydrogen) atoms. The Morgan fingerprint density at radius 1 is 0.964 bits per heavy atom. The van der Waals surface area contributed by atoms with Crippen molar-refractivity contribution in [1.82, 2.24) is 0 Å². The molecule has 5 nitrogen and oxygen atoms in total. The van der Waals surface area contributed by atoms with Crippen molar-refractivity contribution in [3.8, 4) is 0 Å². The van der Waals surface area contributed by atoms with Gasteiger partial charge in [-0.15, -0.1) is 0 Å². The van der Waals surface area contributed by atoms with Gasteiger partial charge in [-0.1, -0.05) is 54.6 Å². The summed E-state index contributed by atoms with van der Waals surface area (Å²) in [5, 5.41) is 4.70. The quantitative estimate of drug-likeness (QED) is 0.519. The summed E-state index contributed by atoms with van der Waals surface area (Å²) in [4.78, 5) is 36.1. The van der Waals surface area contributed by atoms with Gasteiger partial charge in [0.1, 0.15) is 0 Å². The summed E-state index contributed by atoms with van der Waals surface area (Å²) in [6.07, 6.45) is -0.873. The number of nitrogens with one attached hydrogen (secondary N) is 1. The van der Waals surface area contributed by atoms with Crippen LogP contribution in [-0.2, 0) is 20.7 Å². The number of esters is 1. The molecule has 1 amide bonds. The van der Waals surface area contributed by atoms with Crippen molar-refractivity contribution >= 4 is 34.1 Å². The van der Waals surface area contributed by atoms with Gasteiger partial charge in [0.2, 0.25) is 0 Å². The zero-order valence-corrected chi connectivity index (χ0v) is 15.8. The molecule has 0 saturated heterocycles. The zero-order valence-electron chi connectivity index (χ0n) is 15.8. The molecular formula is C23H21NO4. The monoisotopic (exact) mass is 375 g/mol. The molecule has 1 N–H and O–H groups in total. The summed E-state index contributed by atoms with van der Waals surface area (Å²) in [6, 6.07) is 20.2. The van der Waals surface area contributed by atoms with Crippen molar-refractivity contribution in [3.05, 3.63) is 77.9 Å². The third kappa shape index (κ3) is 4.62. The Kier molecular flexibility index (Phi) is 5.84. The van der Waals surface area contributed by atoms with Crippen LogP contribution >= 0.6 is 0 Å². The van der Waals surface area contributed by atoms with E-state index in [9.17, 15) is 14.4 Å². The van der Waals surface area contributed by atoms with Crippen LogP contribution in [0.4, 0.5) is 5.69 Å². The Bertz CT molecular complexity index is 1040. The summed E-state index contributed by atoms with van der Waals surface area (Å²) in [6.45, 7) is 2.98. The number of amides is 1. The topological polar surface area (TPSA) is 72.5 Å². The second-order valence-electron chi connectivity index (χ2n) is 6.57. The highest BCUT2D eigenvalue weighted by Crippen LogP contribution is 2.19. The molecule has 142 valence electrons. The van der Waals surface area contributed by atoms with Crippen LogP contribution in [0.3, 0.4) is 0 Å². The average Bonchev–Trinajstić information content (AvgIpc) is 2.68. The number of benzene rings is 3. The van der Waals surface area contributed by atoms with Gasteiger partial charge < -0.3 is 10.1 Å². The number of anilines is 1. The van der Waals surface area contributed by atoms with E-state index < -0.39 is 18.0 Å². The smallest absolute Gasteiger partial charge is 0.311 e. The summed E-state index contributed by atoms with van der Waals surface area (Å²) < 4.78 is 5.30. The number of ether oxygens (including phenoxy) is 1. The van der Waals surface area contributed by atoms with Crippen molar-refractivity contribution < 1.29 is 19.1 Å². The lowest BCUT2D eigenvalue weighted by Gasteiger charge is -2.14. The first-order valence-corrected chi connectivity index (χ1v) is 9.02. The summed E-state index contributed by atoms with van der Waals surface area (Å²) in [5.74, 6) is -1.02. The van der Waals surface area contributed by atoms with Crippen molar-refractivity contribution in [2.24, 2.45) is 0 Å². The first-order valence-electron chi connectivity index (χ1n) is 9.02. The van der Waals surface area contributed by atoms with Gasteiger partial charge in [-0.25, -0.2) is 0 Å². The number of hydrogen-bond acceptors (Lipinski definition) is 4. The number of carbonyl (C=O) groups is 3. The normalized spacial score (nSPS) is 11.6. The van der Waals surface area contributed by atoms with Crippen LogP contribution in [-0.4, -0.2) is 23.8 Å². The van der Waals surface area contributed by atoms with Crippen LogP contribution in [0, 0.1) is 0 Å². The van der Waals surface area contributed by atoms with E-state index in [4.69, 9.17) is 4.74 Å². The van der Waals surface area contributed by atoms with Gasteiger partial charge in [0.05, 0.1) is 6.42 Å². The minimum Gasteiger partial charge on any atom is -0.452 e. The van der Waals surface area contributed by atoms with Crippen LogP contribution in [0.1, 0.15) is 29.8 Å². The first-order chi connectivity index (χ1) is 13.4. The molecule has 5 heteroatoms. The predicted octanol–water partition coefficient (Wildman–Crippen LogP) is 4.16. The second-order valence-corrected chi connectivity index (χ2v) is 6.57. The van der Waals surface area contributed by atoms with Gasteiger partial charge in [-0.3, -0.25) is 14.4 Å². The lowest BCUT2D eigenvalue weighted by Crippen LogP contribution is -2.30. The average molecular weight is 375 g/mol. The van der Waals surface area contributed by atoms with E-state index in [0.29, 0.717) is 11.3 Å².